The van der Waals surface area contributed by atoms with Gasteiger partial charge >= 0.3 is 0 Å². The van der Waals surface area contributed by atoms with Crippen LogP contribution in [0.4, 0.5) is 8.78 Å². The van der Waals surface area contributed by atoms with Gasteiger partial charge in [0.25, 0.3) is 5.91 Å². The molecule has 3 nitrogen and oxygen atoms in total. The van der Waals surface area contributed by atoms with Gasteiger partial charge in [-0.1, -0.05) is 23.8 Å². The monoisotopic (exact) mass is 333 g/mol. The van der Waals surface area contributed by atoms with Gasteiger partial charge in [-0.2, -0.15) is 0 Å². The first-order chi connectivity index (χ1) is 11.3. The molecule has 0 aliphatic carbocycles. The second-order valence-corrected chi connectivity index (χ2v) is 5.91. The lowest BCUT2D eigenvalue weighted by atomic mass is 10.1. The summed E-state index contributed by atoms with van der Waals surface area (Å²) in [4.78, 5) is 13.7. The summed E-state index contributed by atoms with van der Waals surface area (Å²) in [6.45, 7) is 5.54. The van der Waals surface area contributed by atoms with Crippen LogP contribution in [0.15, 0.2) is 36.4 Å². The van der Waals surface area contributed by atoms with E-state index in [1.807, 2.05) is 32.0 Å². The summed E-state index contributed by atoms with van der Waals surface area (Å²) in [5, 5.41) is 0. The number of carbonyl (C=O) groups excluding carboxylic acids is 1. The number of aryl methyl sites for hydroxylation is 2. The standard InChI is InChI=1S/C19H21F2NO2/c1-12-5-8-18(13(2)9-12)24-11-19(23)22(4)14(3)15-6-7-16(20)17(21)10-15/h5-10,14H,11H2,1-4H3. The fourth-order valence-corrected chi connectivity index (χ4v) is 2.41. The van der Waals surface area contributed by atoms with Gasteiger partial charge in [-0.25, -0.2) is 8.78 Å². The minimum absolute atomic E-state index is 0.117. The predicted octanol–water partition coefficient (Wildman–Crippen LogP) is 4.18. The number of hydrogen-bond donors (Lipinski definition) is 0. The third-order valence-corrected chi connectivity index (χ3v) is 4.08. The van der Waals surface area contributed by atoms with Gasteiger partial charge in [-0.3, -0.25) is 4.79 Å². The van der Waals surface area contributed by atoms with Crippen LogP contribution in [0.5, 0.6) is 5.75 Å². The average molecular weight is 333 g/mol. The van der Waals surface area contributed by atoms with Crippen molar-refractivity contribution in [3.05, 3.63) is 64.7 Å². The van der Waals surface area contributed by atoms with Crippen molar-refractivity contribution in [3.8, 4) is 5.75 Å². The fourth-order valence-electron chi connectivity index (χ4n) is 2.41. The predicted molar refractivity (Wildman–Crippen MR) is 89.0 cm³/mol. The Balaban J connectivity index is 2.01. The molecular formula is C19H21F2NO2. The number of halogens is 2. The highest BCUT2D eigenvalue weighted by Crippen LogP contribution is 2.22. The quantitative estimate of drug-likeness (QED) is 0.821. The zero-order valence-electron chi connectivity index (χ0n) is 14.3. The molecule has 1 unspecified atom stereocenters. The molecular weight excluding hydrogens is 312 g/mol. The summed E-state index contributed by atoms with van der Waals surface area (Å²) in [6.07, 6.45) is 0. The SMILES string of the molecule is Cc1ccc(OCC(=O)N(C)C(C)c2ccc(F)c(F)c2)c(C)c1. The molecule has 0 saturated heterocycles. The van der Waals surface area contributed by atoms with Gasteiger partial charge in [0.1, 0.15) is 5.75 Å². The van der Waals surface area contributed by atoms with Gasteiger partial charge in [0, 0.05) is 7.05 Å². The van der Waals surface area contributed by atoms with E-state index in [2.05, 4.69) is 0 Å². The summed E-state index contributed by atoms with van der Waals surface area (Å²) in [5.41, 5.74) is 2.60. The molecule has 0 aliphatic heterocycles. The topological polar surface area (TPSA) is 29.5 Å². The number of amides is 1. The molecule has 0 bridgehead atoms. The second-order valence-electron chi connectivity index (χ2n) is 5.91. The Morgan fingerprint density at radius 3 is 2.46 bits per heavy atom. The van der Waals surface area contributed by atoms with Gasteiger partial charge in [-0.15, -0.1) is 0 Å². The van der Waals surface area contributed by atoms with Crippen molar-refractivity contribution in [1.29, 1.82) is 0 Å². The molecule has 128 valence electrons. The van der Waals surface area contributed by atoms with Crippen molar-refractivity contribution >= 4 is 5.91 Å². The number of carbonyl (C=O) groups is 1. The third kappa shape index (κ3) is 4.10. The van der Waals surface area contributed by atoms with Crippen LogP contribution in [-0.2, 0) is 4.79 Å². The van der Waals surface area contributed by atoms with Gasteiger partial charge in [0.05, 0.1) is 6.04 Å². The molecule has 0 aromatic heterocycles. The normalized spacial score (nSPS) is 11.9. The minimum Gasteiger partial charge on any atom is -0.484 e. The lowest BCUT2D eigenvalue weighted by Crippen LogP contribution is -2.33. The van der Waals surface area contributed by atoms with Crippen LogP contribution in [0.2, 0.25) is 0 Å². The molecule has 24 heavy (non-hydrogen) atoms. The zero-order valence-corrected chi connectivity index (χ0v) is 14.3. The highest BCUT2D eigenvalue weighted by molar-refractivity contribution is 5.78. The molecule has 2 aromatic rings. The summed E-state index contributed by atoms with van der Waals surface area (Å²) in [5.74, 6) is -1.42. The molecule has 1 amide bonds. The van der Waals surface area contributed by atoms with Crippen LogP contribution in [-0.4, -0.2) is 24.5 Å². The Bertz CT molecular complexity index is 746. The van der Waals surface area contributed by atoms with E-state index in [4.69, 9.17) is 4.74 Å². The molecule has 0 aliphatic rings. The Morgan fingerprint density at radius 2 is 1.83 bits per heavy atom. The number of nitrogens with zero attached hydrogens (tertiary/aromatic N) is 1. The van der Waals surface area contributed by atoms with E-state index < -0.39 is 17.7 Å². The molecule has 0 radical (unpaired) electrons. The first-order valence-electron chi connectivity index (χ1n) is 7.70. The van der Waals surface area contributed by atoms with E-state index in [1.54, 1.807) is 14.0 Å². The van der Waals surface area contributed by atoms with Crippen molar-refractivity contribution in [2.24, 2.45) is 0 Å². The van der Waals surface area contributed by atoms with Crippen LogP contribution in [0, 0.1) is 25.5 Å². The number of rotatable bonds is 5. The van der Waals surface area contributed by atoms with Gasteiger partial charge in [0.2, 0.25) is 0 Å². The lowest BCUT2D eigenvalue weighted by molar-refractivity contribution is -0.134. The number of ether oxygens (including phenoxy) is 1. The van der Waals surface area contributed by atoms with Crippen molar-refractivity contribution in [3.63, 3.8) is 0 Å². The minimum atomic E-state index is -0.924. The van der Waals surface area contributed by atoms with E-state index in [0.29, 0.717) is 11.3 Å². The van der Waals surface area contributed by atoms with E-state index in [9.17, 15) is 13.6 Å². The van der Waals surface area contributed by atoms with E-state index >= 15 is 0 Å². The van der Waals surface area contributed by atoms with E-state index in [0.717, 1.165) is 23.3 Å². The summed E-state index contributed by atoms with van der Waals surface area (Å²) in [7, 11) is 1.61. The molecule has 1 atom stereocenters. The maximum atomic E-state index is 13.3. The molecule has 0 N–H and O–H groups in total. The second kappa shape index (κ2) is 7.43. The van der Waals surface area contributed by atoms with Crippen LogP contribution < -0.4 is 4.74 Å². The Kier molecular flexibility index (Phi) is 5.54. The van der Waals surface area contributed by atoms with Crippen molar-refractivity contribution in [2.45, 2.75) is 26.8 Å². The van der Waals surface area contributed by atoms with Crippen molar-refractivity contribution in [2.75, 3.05) is 13.7 Å². The third-order valence-electron chi connectivity index (χ3n) is 4.08. The molecule has 0 saturated carbocycles. The van der Waals surface area contributed by atoms with Crippen molar-refractivity contribution < 1.29 is 18.3 Å². The summed E-state index contributed by atoms with van der Waals surface area (Å²) >= 11 is 0. The largest absolute Gasteiger partial charge is 0.484 e. The molecule has 0 fully saturated rings. The molecule has 2 aromatic carbocycles. The summed E-state index contributed by atoms with van der Waals surface area (Å²) < 4.78 is 31.9. The highest BCUT2D eigenvalue weighted by atomic mass is 19.2. The molecule has 5 heteroatoms. The Morgan fingerprint density at radius 1 is 1.12 bits per heavy atom. The highest BCUT2D eigenvalue weighted by Gasteiger charge is 2.19. The van der Waals surface area contributed by atoms with Crippen LogP contribution in [0.1, 0.15) is 29.7 Å². The first-order valence-corrected chi connectivity index (χ1v) is 7.70. The lowest BCUT2D eigenvalue weighted by Gasteiger charge is -2.25. The molecule has 2 rings (SSSR count). The Labute approximate surface area is 140 Å². The summed E-state index contributed by atoms with van der Waals surface area (Å²) in [6, 6.07) is 8.97. The zero-order chi connectivity index (χ0) is 17.9. The van der Waals surface area contributed by atoms with Crippen LogP contribution >= 0.6 is 0 Å². The van der Waals surface area contributed by atoms with Crippen LogP contribution in [0.25, 0.3) is 0 Å². The van der Waals surface area contributed by atoms with Gasteiger partial charge in [0.15, 0.2) is 18.2 Å². The molecule has 0 heterocycles. The smallest absolute Gasteiger partial charge is 0.260 e. The first kappa shape index (κ1) is 17.9. The fraction of sp³-hybridized carbons (Fsp3) is 0.316. The average Bonchev–Trinajstić information content (AvgIpc) is 2.55. The Hall–Kier alpha value is -2.43. The number of likely N-dealkylation sites (N-methyl/N-ethyl adjacent to an activating group) is 1. The van der Waals surface area contributed by atoms with E-state index in [-0.39, 0.29) is 12.5 Å². The maximum Gasteiger partial charge on any atom is 0.260 e. The van der Waals surface area contributed by atoms with Crippen molar-refractivity contribution in [1.82, 2.24) is 4.90 Å². The van der Waals surface area contributed by atoms with Crippen LogP contribution in [0.3, 0.4) is 0 Å². The molecule has 0 spiro atoms. The maximum absolute atomic E-state index is 13.3. The number of hydrogen-bond acceptors (Lipinski definition) is 2. The van der Waals surface area contributed by atoms with E-state index in [1.165, 1.54) is 11.0 Å². The van der Waals surface area contributed by atoms with Gasteiger partial charge < -0.3 is 9.64 Å². The number of benzene rings is 2. The van der Waals surface area contributed by atoms with Gasteiger partial charge in [-0.05, 0) is 50.1 Å².